The highest BCUT2D eigenvalue weighted by atomic mass is 16.6. The summed E-state index contributed by atoms with van der Waals surface area (Å²) < 4.78 is 20.3. The van der Waals surface area contributed by atoms with E-state index in [4.69, 9.17) is 18.9 Å². The van der Waals surface area contributed by atoms with Crippen LogP contribution in [0, 0.1) is 11.8 Å². The fourth-order valence-electron chi connectivity index (χ4n) is 1.63. The second kappa shape index (κ2) is 14.9. The standard InChI is InChI=1S/C18H34O8/c1-5-13(3)17(21)25-11-15(19)9-23-7-8-24-10-16(20)12-26-18(22)14(4)6-2/h13-16,19-20H,5-12H2,1-4H3. The number of hydrogen-bond donors (Lipinski definition) is 2. The molecule has 0 aliphatic carbocycles. The molecule has 0 fully saturated rings. The predicted octanol–water partition coefficient (Wildman–Crippen LogP) is 0.920. The molecule has 4 unspecified atom stereocenters. The number of esters is 2. The minimum absolute atomic E-state index is 0.0201. The average molecular weight is 378 g/mol. The largest absolute Gasteiger partial charge is 0.463 e. The lowest BCUT2D eigenvalue weighted by molar-refractivity contribution is -0.153. The Hall–Kier alpha value is -1.22. The maximum atomic E-state index is 11.5. The molecule has 0 aromatic rings. The Labute approximate surface area is 155 Å². The Bertz CT molecular complexity index is 351. The molecule has 2 N–H and O–H groups in total. The van der Waals surface area contributed by atoms with Gasteiger partial charge in [0.2, 0.25) is 0 Å². The van der Waals surface area contributed by atoms with Gasteiger partial charge >= 0.3 is 11.9 Å². The van der Waals surface area contributed by atoms with Gasteiger partial charge in [-0.05, 0) is 12.8 Å². The molecule has 0 radical (unpaired) electrons. The molecule has 4 atom stereocenters. The Kier molecular flexibility index (Phi) is 14.2. The van der Waals surface area contributed by atoms with Crippen LogP contribution >= 0.6 is 0 Å². The predicted molar refractivity (Wildman–Crippen MR) is 94.5 cm³/mol. The molecule has 0 aliphatic heterocycles. The highest BCUT2D eigenvalue weighted by Crippen LogP contribution is 2.04. The summed E-state index contributed by atoms with van der Waals surface area (Å²) in [4.78, 5) is 22.9. The number of ether oxygens (including phenoxy) is 4. The van der Waals surface area contributed by atoms with Gasteiger partial charge in [-0.3, -0.25) is 9.59 Å². The molecule has 0 amide bonds. The van der Waals surface area contributed by atoms with Crippen molar-refractivity contribution in [3.8, 4) is 0 Å². The van der Waals surface area contributed by atoms with E-state index < -0.39 is 12.2 Å². The zero-order chi connectivity index (χ0) is 19.9. The van der Waals surface area contributed by atoms with Gasteiger partial charge in [0.25, 0.3) is 0 Å². The number of aliphatic hydroxyl groups is 2. The Morgan fingerprint density at radius 3 is 1.38 bits per heavy atom. The van der Waals surface area contributed by atoms with Crippen LogP contribution in [0.15, 0.2) is 0 Å². The van der Waals surface area contributed by atoms with Crippen molar-refractivity contribution in [2.45, 2.75) is 52.7 Å². The van der Waals surface area contributed by atoms with Gasteiger partial charge in [0.05, 0.1) is 38.3 Å². The van der Waals surface area contributed by atoms with E-state index in [2.05, 4.69) is 0 Å². The average Bonchev–Trinajstić information content (AvgIpc) is 2.65. The molecule has 0 saturated carbocycles. The molecular weight excluding hydrogens is 344 g/mol. The summed E-state index contributed by atoms with van der Waals surface area (Å²) in [7, 11) is 0. The van der Waals surface area contributed by atoms with E-state index in [1.165, 1.54) is 0 Å². The van der Waals surface area contributed by atoms with E-state index in [0.717, 1.165) is 0 Å². The van der Waals surface area contributed by atoms with Crippen LogP contribution in [-0.2, 0) is 28.5 Å². The monoisotopic (exact) mass is 378 g/mol. The van der Waals surface area contributed by atoms with Gasteiger partial charge in [-0.25, -0.2) is 0 Å². The smallest absolute Gasteiger partial charge is 0.308 e. The second-order valence-corrected chi connectivity index (χ2v) is 6.34. The van der Waals surface area contributed by atoms with Gasteiger partial charge < -0.3 is 29.2 Å². The van der Waals surface area contributed by atoms with Gasteiger partial charge in [0, 0.05) is 0 Å². The highest BCUT2D eigenvalue weighted by Gasteiger charge is 2.15. The van der Waals surface area contributed by atoms with Crippen LogP contribution in [-0.4, -0.2) is 74.0 Å². The van der Waals surface area contributed by atoms with E-state index in [0.29, 0.717) is 12.8 Å². The normalized spacial score (nSPS) is 15.8. The summed E-state index contributed by atoms with van der Waals surface area (Å²) in [6.07, 6.45) is -0.418. The summed E-state index contributed by atoms with van der Waals surface area (Å²) in [5, 5.41) is 19.3. The molecule has 26 heavy (non-hydrogen) atoms. The Morgan fingerprint density at radius 1 is 0.731 bits per heavy atom. The zero-order valence-electron chi connectivity index (χ0n) is 16.3. The van der Waals surface area contributed by atoms with Crippen LogP contribution in [0.1, 0.15) is 40.5 Å². The molecule has 0 aromatic heterocycles. The molecule has 0 bridgehead atoms. The molecule has 0 heterocycles. The molecule has 154 valence electrons. The number of carbonyl (C=O) groups is 2. The fraction of sp³-hybridized carbons (Fsp3) is 0.889. The zero-order valence-corrected chi connectivity index (χ0v) is 16.3. The third kappa shape index (κ3) is 12.2. The first-order chi connectivity index (χ1) is 12.3. The lowest BCUT2D eigenvalue weighted by Gasteiger charge is -2.15. The topological polar surface area (TPSA) is 112 Å². The summed E-state index contributed by atoms with van der Waals surface area (Å²) >= 11 is 0. The molecule has 0 saturated heterocycles. The number of rotatable bonds is 15. The Balaban J connectivity index is 3.60. The first-order valence-electron chi connectivity index (χ1n) is 9.16. The van der Waals surface area contributed by atoms with Crippen molar-refractivity contribution < 1.29 is 38.7 Å². The maximum Gasteiger partial charge on any atom is 0.308 e. The molecule has 8 heteroatoms. The third-order valence-electron chi connectivity index (χ3n) is 3.86. The molecule has 0 aromatic carbocycles. The number of aliphatic hydroxyl groups excluding tert-OH is 2. The van der Waals surface area contributed by atoms with E-state index in [-0.39, 0.29) is 63.4 Å². The Morgan fingerprint density at radius 2 is 1.08 bits per heavy atom. The maximum absolute atomic E-state index is 11.5. The van der Waals surface area contributed by atoms with Gasteiger partial charge in [0.15, 0.2) is 0 Å². The summed E-state index contributed by atoms with van der Waals surface area (Å²) in [6.45, 7) is 7.57. The van der Waals surface area contributed by atoms with Gasteiger partial charge in [-0.2, -0.15) is 0 Å². The molecule has 0 spiro atoms. The van der Waals surface area contributed by atoms with Gasteiger partial charge in [-0.15, -0.1) is 0 Å². The molecule has 0 rings (SSSR count). The van der Waals surface area contributed by atoms with Crippen molar-refractivity contribution in [1.29, 1.82) is 0 Å². The van der Waals surface area contributed by atoms with Crippen LogP contribution in [0.25, 0.3) is 0 Å². The van der Waals surface area contributed by atoms with Crippen LogP contribution in [0.3, 0.4) is 0 Å². The SMILES string of the molecule is CCC(C)C(=O)OCC(O)COCCOCC(O)COC(=O)C(C)CC. The molecule has 0 aliphatic rings. The summed E-state index contributed by atoms with van der Waals surface area (Å²) in [5.41, 5.74) is 0. The second-order valence-electron chi connectivity index (χ2n) is 6.34. The van der Waals surface area contributed by atoms with Gasteiger partial charge in [-0.1, -0.05) is 27.7 Å². The summed E-state index contributed by atoms with van der Waals surface area (Å²) in [5.74, 6) is -1.05. The van der Waals surface area contributed by atoms with Crippen molar-refractivity contribution in [3.05, 3.63) is 0 Å². The highest BCUT2D eigenvalue weighted by molar-refractivity contribution is 5.72. The van der Waals surface area contributed by atoms with Crippen LogP contribution in [0.5, 0.6) is 0 Å². The first-order valence-corrected chi connectivity index (χ1v) is 9.16. The van der Waals surface area contributed by atoms with Crippen molar-refractivity contribution >= 4 is 11.9 Å². The van der Waals surface area contributed by atoms with Crippen LogP contribution in [0.4, 0.5) is 0 Å². The minimum Gasteiger partial charge on any atom is -0.463 e. The number of hydrogen-bond acceptors (Lipinski definition) is 8. The van der Waals surface area contributed by atoms with Gasteiger partial charge in [0.1, 0.15) is 25.4 Å². The van der Waals surface area contributed by atoms with E-state index in [1.54, 1.807) is 13.8 Å². The van der Waals surface area contributed by atoms with E-state index in [9.17, 15) is 19.8 Å². The van der Waals surface area contributed by atoms with E-state index in [1.807, 2.05) is 13.8 Å². The first kappa shape index (κ1) is 24.8. The lowest BCUT2D eigenvalue weighted by Crippen LogP contribution is -2.27. The summed E-state index contributed by atoms with van der Waals surface area (Å²) in [6, 6.07) is 0. The van der Waals surface area contributed by atoms with Crippen LogP contribution in [0.2, 0.25) is 0 Å². The molecule has 8 nitrogen and oxygen atoms in total. The quantitative estimate of drug-likeness (QED) is 0.320. The number of carbonyl (C=O) groups excluding carboxylic acids is 2. The lowest BCUT2D eigenvalue weighted by atomic mass is 10.1. The minimum atomic E-state index is -0.895. The van der Waals surface area contributed by atoms with Crippen molar-refractivity contribution in [2.75, 3.05) is 39.6 Å². The molecular formula is C18H34O8. The van der Waals surface area contributed by atoms with Crippen molar-refractivity contribution in [2.24, 2.45) is 11.8 Å². The van der Waals surface area contributed by atoms with Crippen molar-refractivity contribution in [1.82, 2.24) is 0 Å². The third-order valence-corrected chi connectivity index (χ3v) is 3.86. The van der Waals surface area contributed by atoms with Crippen LogP contribution < -0.4 is 0 Å². The fourth-order valence-corrected chi connectivity index (χ4v) is 1.63. The van der Waals surface area contributed by atoms with E-state index >= 15 is 0 Å². The van der Waals surface area contributed by atoms with Crippen molar-refractivity contribution in [3.63, 3.8) is 0 Å².